The SMILES string of the molecule is c1ccc(-c2cccc(C3NC(c4ccc5c(c4)c4c(N(c6ccccc6)c6cccc7c6sc6ccccc67)cccc4n5-c4ccccc4)=Nc4c3oc3ccccc43)c2)cc1. The van der Waals surface area contributed by atoms with Crippen molar-refractivity contribution >= 4 is 92.9 Å². The van der Waals surface area contributed by atoms with Crippen molar-refractivity contribution in [3.05, 3.63) is 235 Å². The van der Waals surface area contributed by atoms with E-state index in [1.165, 1.54) is 25.7 Å². The average molecular weight is 839 g/mol. The topological polar surface area (TPSA) is 45.7 Å². The van der Waals surface area contributed by atoms with Crippen LogP contribution >= 0.6 is 11.3 Å². The Hall–Kier alpha value is -8.19. The summed E-state index contributed by atoms with van der Waals surface area (Å²) in [4.78, 5) is 7.87. The van der Waals surface area contributed by atoms with Crippen molar-refractivity contribution in [1.29, 1.82) is 0 Å². The van der Waals surface area contributed by atoms with Gasteiger partial charge in [0, 0.05) is 48.6 Å². The van der Waals surface area contributed by atoms with Crippen LogP contribution in [0.2, 0.25) is 0 Å². The minimum atomic E-state index is -0.272. The van der Waals surface area contributed by atoms with E-state index in [0.717, 1.165) is 89.5 Å². The van der Waals surface area contributed by atoms with E-state index >= 15 is 0 Å². The quantitative estimate of drug-likeness (QED) is 0.174. The number of nitrogens with one attached hydrogen (secondary N) is 1. The van der Waals surface area contributed by atoms with Gasteiger partial charge in [0.1, 0.15) is 23.1 Å². The standard InChI is InChI=1S/C58H38N4OS/c1-4-17-37(18-5-1)38-19-14-20-39(35-38)54-56-55(45-26-10-12-31-51(45)63-56)60-58(59-54)40-33-34-47-46(36-40)53-48(61(47)41-21-6-2-7-22-41)28-16-29-49(53)62(42-23-8-3-9-24-42)50-30-15-27-44-43-25-11-13-32-52(43)64-57(44)50/h1-36,54H,(H,59,60). The zero-order valence-corrected chi connectivity index (χ0v) is 35.3. The molecule has 1 atom stereocenters. The fraction of sp³-hybridized carbons (Fsp3) is 0.0172. The second-order valence-electron chi connectivity index (χ2n) is 16.3. The molecule has 1 unspecified atom stereocenters. The van der Waals surface area contributed by atoms with Gasteiger partial charge in [-0.1, -0.05) is 133 Å². The third-order valence-electron chi connectivity index (χ3n) is 12.6. The summed E-state index contributed by atoms with van der Waals surface area (Å²) in [6.45, 7) is 0. The zero-order chi connectivity index (χ0) is 42.1. The summed E-state index contributed by atoms with van der Waals surface area (Å²) >= 11 is 1.85. The third kappa shape index (κ3) is 5.80. The number of rotatable bonds is 7. The molecule has 4 heterocycles. The van der Waals surface area contributed by atoms with Crippen molar-refractivity contribution < 1.29 is 4.42 Å². The number of hydrogen-bond acceptors (Lipinski definition) is 5. The van der Waals surface area contributed by atoms with Crippen LogP contribution in [-0.2, 0) is 0 Å². The van der Waals surface area contributed by atoms with E-state index in [2.05, 4.69) is 221 Å². The van der Waals surface area contributed by atoms with Crippen LogP contribution in [0.3, 0.4) is 0 Å². The normalized spacial score (nSPS) is 13.7. The Labute approximate surface area is 373 Å². The molecule has 64 heavy (non-hydrogen) atoms. The van der Waals surface area contributed by atoms with Gasteiger partial charge in [-0.05, 0) is 102 Å². The minimum Gasteiger partial charge on any atom is -0.456 e. The summed E-state index contributed by atoms with van der Waals surface area (Å²) in [5.41, 5.74) is 12.8. The first-order chi connectivity index (χ1) is 31.7. The maximum Gasteiger partial charge on any atom is 0.157 e. The van der Waals surface area contributed by atoms with E-state index in [1.54, 1.807) is 0 Å². The van der Waals surface area contributed by atoms with Gasteiger partial charge in [-0.2, -0.15) is 0 Å². The van der Waals surface area contributed by atoms with Gasteiger partial charge < -0.3 is 19.2 Å². The summed E-state index contributed by atoms with van der Waals surface area (Å²) < 4.78 is 11.6. The monoisotopic (exact) mass is 838 g/mol. The highest BCUT2D eigenvalue weighted by molar-refractivity contribution is 7.26. The first kappa shape index (κ1) is 36.5. The number of anilines is 3. The van der Waals surface area contributed by atoms with Crippen LogP contribution in [0.15, 0.2) is 228 Å². The molecule has 0 bridgehead atoms. The van der Waals surface area contributed by atoms with E-state index in [1.807, 2.05) is 23.5 Å². The second kappa shape index (κ2) is 14.7. The van der Waals surface area contributed by atoms with Crippen molar-refractivity contribution in [1.82, 2.24) is 9.88 Å². The second-order valence-corrected chi connectivity index (χ2v) is 17.4. The molecule has 0 spiro atoms. The van der Waals surface area contributed by atoms with Crippen LogP contribution in [0, 0.1) is 0 Å². The third-order valence-corrected chi connectivity index (χ3v) is 13.8. The molecule has 0 saturated carbocycles. The van der Waals surface area contributed by atoms with Crippen LogP contribution in [0.25, 0.3) is 69.8 Å². The molecule has 302 valence electrons. The van der Waals surface area contributed by atoms with Crippen LogP contribution in [0.1, 0.15) is 22.9 Å². The Morgan fingerprint density at radius 3 is 2.06 bits per heavy atom. The van der Waals surface area contributed by atoms with E-state index in [-0.39, 0.29) is 6.04 Å². The summed E-state index contributed by atoms with van der Waals surface area (Å²) in [7, 11) is 0. The Bertz CT molecular complexity index is 3770. The molecule has 0 fully saturated rings. The van der Waals surface area contributed by atoms with Crippen LogP contribution < -0.4 is 10.2 Å². The summed E-state index contributed by atoms with van der Waals surface area (Å²) in [5, 5.41) is 9.72. The number of aromatic nitrogens is 1. The highest BCUT2D eigenvalue weighted by atomic mass is 32.1. The number of thiophene rings is 1. The van der Waals surface area contributed by atoms with Crippen molar-refractivity contribution in [3.8, 4) is 16.8 Å². The van der Waals surface area contributed by atoms with E-state index in [9.17, 15) is 0 Å². The molecule has 1 N–H and O–H groups in total. The van der Waals surface area contributed by atoms with Crippen molar-refractivity contribution in [3.63, 3.8) is 0 Å². The van der Waals surface area contributed by atoms with E-state index < -0.39 is 0 Å². The highest BCUT2D eigenvalue weighted by Crippen LogP contribution is 2.49. The molecule has 6 heteroatoms. The predicted molar refractivity (Wildman–Crippen MR) is 268 cm³/mol. The molecule has 0 aliphatic carbocycles. The van der Waals surface area contributed by atoms with Crippen LogP contribution in [-0.4, -0.2) is 10.4 Å². The molecule has 13 rings (SSSR count). The van der Waals surface area contributed by atoms with Gasteiger partial charge in [-0.3, -0.25) is 0 Å². The van der Waals surface area contributed by atoms with Gasteiger partial charge in [0.2, 0.25) is 0 Å². The van der Waals surface area contributed by atoms with Gasteiger partial charge >= 0.3 is 0 Å². The molecule has 0 saturated heterocycles. The predicted octanol–water partition coefficient (Wildman–Crippen LogP) is 15.8. The van der Waals surface area contributed by atoms with Gasteiger partial charge in [0.15, 0.2) is 5.76 Å². The van der Waals surface area contributed by atoms with E-state index in [4.69, 9.17) is 9.41 Å². The number of nitrogens with zero attached hydrogens (tertiary/aromatic N) is 3. The smallest absolute Gasteiger partial charge is 0.157 e. The Kier molecular flexibility index (Phi) is 8.39. The molecule has 0 amide bonds. The number of fused-ring (bicyclic) bond motifs is 9. The molecule has 5 nitrogen and oxygen atoms in total. The van der Waals surface area contributed by atoms with Crippen molar-refractivity contribution in [2.45, 2.75) is 6.04 Å². The zero-order valence-electron chi connectivity index (χ0n) is 34.5. The Balaban J connectivity index is 1.05. The van der Waals surface area contributed by atoms with Crippen LogP contribution in [0.5, 0.6) is 0 Å². The minimum absolute atomic E-state index is 0.272. The Morgan fingerprint density at radius 1 is 0.516 bits per heavy atom. The van der Waals surface area contributed by atoms with E-state index in [0.29, 0.717) is 0 Å². The molecule has 3 aromatic heterocycles. The lowest BCUT2D eigenvalue weighted by Crippen LogP contribution is -2.32. The number of aliphatic imine (C=N–C) groups is 1. The fourth-order valence-corrected chi connectivity index (χ4v) is 11.0. The molecular weight excluding hydrogens is 801 g/mol. The first-order valence-electron chi connectivity index (χ1n) is 21.7. The molecule has 1 aliphatic rings. The summed E-state index contributed by atoms with van der Waals surface area (Å²) in [6.07, 6.45) is 0. The maximum atomic E-state index is 6.67. The largest absolute Gasteiger partial charge is 0.456 e. The molecule has 0 radical (unpaired) electrons. The number of hydrogen-bond donors (Lipinski definition) is 1. The van der Waals surface area contributed by atoms with Crippen molar-refractivity contribution in [2.75, 3.05) is 4.90 Å². The number of para-hydroxylation sites is 3. The lowest BCUT2D eigenvalue weighted by molar-refractivity contribution is 0.504. The Morgan fingerprint density at radius 2 is 1.20 bits per heavy atom. The lowest BCUT2D eigenvalue weighted by Gasteiger charge is -2.27. The molecular formula is C58H38N4OS. The lowest BCUT2D eigenvalue weighted by atomic mass is 9.96. The molecule has 1 aliphatic heterocycles. The van der Waals surface area contributed by atoms with Gasteiger partial charge in [0.05, 0.1) is 27.1 Å². The number of benzene rings is 9. The number of furan rings is 1. The van der Waals surface area contributed by atoms with Crippen LogP contribution in [0.4, 0.5) is 22.7 Å². The highest BCUT2D eigenvalue weighted by Gasteiger charge is 2.31. The average Bonchev–Trinajstić information content (AvgIpc) is 4.05. The summed E-state index contributed by atoms with van der Waals surface area (Å²) in [6, 6.07) is 77.7. The summed E-state index contributed by atoms with van der Waals surface area (Å²) in [5.74, 6) is 1.61. The first-order valence-corrected chi connectivity index (χ1v) is 22.5. The van der Waals surface area contributed by atoms with Crippen molar-refractivity contribution in [2.24, 2.45) is 4.99 Å². The van der Waals surface area contributed by atoms with Gasteiger partial charge in [0.25, 0.3) is 0 Å². The fourth-order valence-electron chi connectivity index (χ4n) is 9.75. The number of amidine groups is 1. The van der Waals surface area contributed by atoms with Gasteiger partial charge in [-0.25, -0.2) is 4.99 Å². The molecule has 9 aromatic carbocycles. The maximum absolute atomic E-state index is 6.67. The molecule has 12 aromatic rings. The van der Waals surface area contributed by atoms with Gasteiger partial charge in [-0.15, -0.1) is 11.3 Å².